The number of carbonyl (C=O) groups is 1. The molecule has 1 amide bonds. The summed E-state index contributed by atoms with van der Waals surface area (Å²) in [6.07, 6.45) is 6.21. The third-order valence-corrected chi connectivity index (χ3v) is 5.73. The van der Waals surface area contributed by atoms with E-state index in [4.69, 9.17) is 4.74 Å². The van der Waals surface area contributed by atoms with E-state index in [1.165, 1.54) is 6.33 Å². The summed E-state index contributed by atoms with van der Waals surface area (Å²) >= 11 is 0. The highest BCUT2D eigenvalue weighted by atomic mass is 16.5. The van der Waals surface area contributed by atoms with Gasteiger partial charge < -0.3 is 15.0 Å². The molecule has 0 spiro atoms. The molecule has 1 saturated heterocycles. The van der Waals surface area contributed by atoms with Gasteiger partial charge in [-0.25, -0.2) is 9.97 Å². The number of aryl methyl sites for hydroxylation is 3. The number of amides is 1. The van der Waals surface area contributed by atoms with Crippen molar-refractivity contribution in [2.24, 2.45) is 7.05 Å². The largest absolute Gasteiger partial charge is 0.481 e. The molecule has 1 aliphatic heterocycles. The predicted molar refractivity (Wildman–Crippen MR) is 119 cm³/mol. The topological polar surface area (TPSA) is 85.2 Å². The maximum Gasteiger partial charge on any atom is 0.251 e. The summed E-state index contributed by atoms with van der Waals surface area (Å²) in [4.78, 5) is 23.8. The molecule has 4 rings (SSSR count). The van der Waals surface area contributed by atoms with Crippen LogP contribution in [0.5, 0.6) is 5.88 Å². The number of hydrogen-bond acceptors (Lipinski definition) is 6. The fraction of sp³-hybridized carbons (Fsp3) is 0.391. The Labute approximate surface area is 182 Å². The van der Waals surface area contributed by atoms with E-state index in [9.17, 15) is 4.79 Å². The molecule has 1 fully saturated rings. The minimum atomic E-state index is -0.0390. The summed E-state index contributed by atoms with van der Waals surface area (Å²) in [7, 11) is 3.50. The molecule has 1 N–H and O–H groups in total. The number of ether oxygens (including phenoxy) is 1. The van der Waals surface area contributed by atoms with Crippen LogP contribution in [0.4, 0.5) is 5.82 Å². The van der Waals surface area contributed by atoms with Gasteiger partial charge in [0.15, 0.2) is 0 Å². The number of benzene rings is 1. The number of nitrogens with one attached hydrogen (secondary N) is 1. The molecule has 31 heavy (non-hydrogen) atoms. The van der Waals surface area contributed by atoms with E-state index in [0.717, 1.165) is 35.5 Å². The summed E-state index contributed by atoms with van der Waals surface area (Å²) in [6.45, 7) is 5.51. The van der Waals surface area contributed by atoms with Gasteiger partial charge in [0.05, 0.1) is 13.3 Å². The van der Waals surface area contributed by atoms with Crippen LogP contribution >= 0.6 is 0 Å². The van der Waals surface area contributed by atoms with Crippen molar-refractivity contribution in [3.63, 3.8) is 0 Å². The zero-order chi connectivity index (χ0) is 22.0. The molecular weight excluding hydrogens is 392 g/mol. The molecule has 0 saturated carbocycles. The number of nitrogens with zero attached hydrogens (tertiary/aromatic N) is 5. The van der Waals surface area contributed by atoms with Crippen molar-refractivity contribution in [1.82, 2.24) is 25.1 Å². The maximum atomic E-state index is 13.1. The summed E-state index contributed by atoms with van der Waals surface area (Å²) in [5.41, 5.74) is 3.97. The fourth-order valence-electron chi connectivity index (χ4n) is 4.27. The number of hydrogen-bond donors (Lipinski definition) is 1. The lowest BCUT2D eigenvalue weighted by Gasteiger charge is -2.39. The smallest absolute Gasteiger partial charge is 0.251 e. The van der Waals surface area contributed by atoms with Gasteiger partial charge in [-0.05, 0) is 38.0 Å². The van der Waals surface area contributed by atoms with Crippen LogP contribution in [0.2, 0.25) is 0 Å². The molecule has 8 heteroatoms. The molecule has 2 atom stereocenters. The molecule has 1 aromatic carbocycles. The van der Waals surface area contributed by atoms with E-state index >= 15 is 0 Å². The van der Waals surface area contributed by atoms with Crippen molar-refractivity contribution in [3.05, 3.63) is 65.2 Å². The zero-order valence-electron chi connectivity index (χ0n) is 18.4. The Morgan fingerprint density at radius 3 is 2.61 bits per heavy atom. The SMILES string of the molecule is COc1cc(N2CC[C@H](NC(=O)c3cc(C)cc(C)c3)[C@@H](c3cnn(C)c3)C2)ncn1. The quantitative estimate of drug-likeness (QED) is 0.683. The molecule has 0 unspecified atom stereocenters. The maximum absolute atomic E-state index is 13.1. The predicted octanol–water partition coefficient (Wildman–Crippen LogP) is 2.63. The molecule has 3 aromatic rings. The Morgan fingerprint density at radius 1 is 1.16 bits per heavy atom. The summed E-state index contributed by atoms with van der Waals surface area (Å²) in [5.74, 6) is 1.40. The molecule has 0 bridgehead atoms. The third kappa shape index (κ3) is 4.68. The second-order valence-corrected chi connectivity index (χ2v) is 8.16. The lowest BCUT2D eigenvalue weighted by Crippen LogP contribution is -2.50. The van der Waals surface area contributed by atoms with E-state index in [0.29, 0.717) is 18.0 Å². The van der Waals surface area contributed by atoms with Gasteiger partial charge in [0.25, 0.3) is 5.91 Å². The first-order valence-corrected chi connectivity index (χ1v) is 10.4. The number of rotatable bonds is 5. The number of methoxy groups -OCH3 is 1. The van der Waals surface area contributed by atoms with Gasteiger partial charge in [-0.15, -0.1) is 0 Å². The standard InChI is InChI=1S/C23H28N6O2/c1-15-7-16(2)9-17(8-15)23(30)27-20-5-6-29(21-10-22(31-4)25-14-24-21)13-19(20)18-11-26-28(3)12-18/h7-12,14,19-20H,5-6,13H2,1-4H3,(H,27,30)/t19-,20+/m1/s1. The summed E-state index contributed by atoms with van der Waals surface area (Å²) in [6, 6.07) is 7.78. The van der Waals surface area contributed by atoms with Crippen LogP contribution in [0.1, 0.15) is 39.4 Å². The molecule has 0 radical (unpaired) electrons. The van der Waals surface area contributed by atoms with E-state index in [1.54, 1.807) is 11.8 Å². The summed E-state index contributed by atoms with van der Waals surface area (Å²) in [5, 5.41) is 7.63. The van der Waals surface area contributed by atoms with Crippen LogP contribution in [0.25, 0.3) is 0 Å². The first-order valence-electron chi connectivity index (χ1n) is 10.4. The Bertz CT molecular complexity index is 1060. The van der Waals surface area contributed by atoms with Gasteiger partial charge in [-0.3, -0.25) is 9.48 Å². The first-order chi connectivity index (χ1) is 14.9. The second kappa shape index (κ2) is 8.75. The van der Waals surface area contributed by atoms with Gasteiger partial charge in [-0.2, -0.15) is 5.10 Å². The third-order valence-electron chi connectivity index (χ3n) is 5.73. The van der Waals surface area contributed by atoms with Crippen LogP contribution < -0.4 is 15.0 Å². The lowest BCUT2D eigenvalue weighted by molar-refractivity contribution is 0.0925. The highest BCUT2D eigenvalue weighted by Gasteiger charge is 2.33. The first kappa shape index (κ1) is 20.8. The fourth-order valence-corrected chi connectivity index (χ4v) is 4.27. The highest BCUT2D eigenvalue weighted by molar-refractivity contribution is 5.94. The molecule has 0 aliphatic carbocycles. The Kier molecular flexibility index (Phi) is 5.88. The van der Waals surface area contributed by atoms with Crippen molar-refractivity contribution < 1.29 is 9.53 Å². The van der Waals surface area contributed by atoms with Crippen LogP contribution in [0.15, 0.2) is 43.0 Å². The van der Waals surface area contributed by atoms with Crippen molar-refractivity contribution in [3.8, 4) is 5.88 Å². The monoisotopic (exact) mass is 420 g/mol. The number of piperidine rings is 1. The summed E-state index contributed by atoms with van der Waals surface area (Å²) < 4.78 is 7.05. The lowest BCUT2D eigenvalue weighted by atomic mass is 9.87. The normalized spacial score (nSPS) is 18.6. The van der Waals surface area contributed by atoms with Gasteiger partial charge in [0, 0.05) is 49.9 Å². The zero-order valence-corrected chi connectivity index (χ0v) is 18.4. The molecule has 3 heterocycles. The van der Waals surface area contributed by atoms with Crippen molar-refractivity contribution >= 4 is 11.7 Å². The average molecular weight is 421 g/mol. The Balaban J connectivity index is 1.57. The average Bonchev–Trinajstić information content (AvgIpc) is 3.19. The minimum Gasteiger partial charge on any atom is -0.481 e. The Morgan fingerprint density at radius 2 is 1.94 bits per heavy atom. The van der Waals surface area contributed by atoms with Crippen LogP contribution in [0, 0.1) is 13.8 Å². The van der Waals surface area contributed by atoms with Crippen LogP contribution in [-0.2, 0) is 7.05 Å². The second-order valence-electron chi connectivity index (χ2n) is 8.16. The van der Waals surface area contributed by atoms with E-state index in [-0.39, 0.29) is 17.9 Å². The Hall–Kier alpha value is -3.42. The van der Waals surface area contributed by atoms with Gasteiger partial charge in [-0.1, -0.05) is 17.2 Å². The van der Waals surface area contributed by atoms with Gasteiger partial charge in [0.1, 0.15) is 12.1 Å². The number of aromatic nitrogens is 4. The van der Waals surface area contributed by atoms with Crippen molar-refractivity contribution in [1.29, 1.82) is 0 Å². The van der Waals surface area contributed by atoms with E-state index in [1.807, 2.05) is 51.5 Å². The van der Waals surface area contributed by atoms with Crippen LogP contribution in [0.3, 0.4) is 0 Å². The molecule has 2 aromatic heterocycles. The van der Waals surface area contributed by atoms with Crippen molar-refractivity contribution in [2.45, 2.75) is 32.2 Å². The van der Waals surface area contributed by atoms with Crippen molar-refractivity contribution in [2.75, 3.05) is 25.1 Å². The highest BCUT2D eigenvalue weighted by Crippen LogP contribution is 2.30. The molecule has 1 aliphatic rings. The van der Waals surface area contributed by atoms with E-state index in [2.05, 4.69) is 31.3 Å². The van der Waals surface area contributed by atoms with Gasteiger partial charge >= 0.3 is 0 Å². The molecular formula is C23H28N6O2. The van der Waals surface area contributed by atoms with Crippen LogP contribution in [-0.4, -0.2) is 51.9 Å². The van der Waals surface area contributed by atoms with E-state index < -0.39 is 0 Å². The minimum absolute atomic E-state index is 0.00231. The number of anilines is 1. The molecule has 162 valence electrons. The van der Waals surface area contributed by atoms with Gasteiger partial charge in [0.2, 0.25) is 5.88 Å². The molecule has 8 nitrogen and oxygen atoms in total. The number of carbonyl (C=O) groups excluding carboxylic acids is 1.